The number of halogens is 1. The number of amides is 1. The van der Waals surface area contributed by atoms with E-state index < -0.39 is 23.6 Å². The molecule has 1 atom stereocenters. The van der Waals surface area contributed by atoms with Gasteiger partial charge in [-0.2, -0.15) is 0 Å². The van der Waals surface area contributed by atoms with Crippen molar-refractivity contribution in [1.82, 2.24) is 10.6 Å². The van der Waals surface area contributed by atoms with Crippen LogP contribution < -0.4 is 10.6 Å². The van der Waals surface area contributed by atoms with Crippen molar-refractivity contribution in [1.29, 1.82) is 0 Å². The lowest BCUT2D eigenvalue weighted by Gasteiger charge is -2.27. The number of nitrogens with one attached hydrogen (secondary N) is 2. The normalized spacial score (nSPS) is 12.4. The zero-order valence-electron chi connectivity index (χ0n) is 16.1. The van der Waals surface area contributed by atoms with Gasteiger partial charge in [-0.05, 0) is 42.4 Å². The third kappa shape index (κ3) is 8.70. The molecule has 0 saturated heterocycles. The molecule has 0 spiro atoms. The minimum Gasteiger partial charge on any atom is -0.462 e. The topological polar surface area (TPSA) is 93.7 Å². The molecule has 0 radical (unpaired) electrons. The molecule has 0 aromatic heterocycles. The number of rotatable bonds is 10. The van der Waals surface area contributed by atoms with Gasteiger partial charge in [0.15, 0.2) is 5.78 Å². The summed E-state index contributed by atoms with van der Waals surface area (Å²) >= 11 is 1.92. The van der Waals surface area contributed by atoms with Crippen LogP contribution in [-0.2, 0) is 14.3 Å². The number of alkyl carbamates (subject to hydrolysis) is 1. The van der Waals surface area contributed by atoms with Crippen molar-refractivity contribution in [2.24, 2.45) is 5.92 Å². The fourth-order valence-corrected chi connectivity index (χ4v) is 2.54. The summed E-state index contributed by atoms with van der Waals surface area (Å²) in [7, 11) is 0. The van der Waals surface area contributed by atoms with E-state index >= 15 is 0 Å². The Balaban J connectivity index is 2.57. The van der Waals surface area contributed by atoms with Gasteiger partial charge in [0, 0.05) is 5.56 Å². The highest BCUT2D eigenvalue weighted by Crippen LogP contribution is 2.09. The van der Waals surface area contributed by atoms with Crippen LogP contribution in [-0.4, -0.2) is 47.2 Å². The van der Waals surface area contributed by atoms with E-state index in [0.717, 1.165) is 0 Å². The van der Waals surface area contributed by atoms with Gasteiger partial charge in [0.1, 0.15) is 17.3 Å². The first-order chi connectivity index (χ1) is 12.7. The summed E-state index contributed by atoms with van der Waals surface area (Å²) in [4.78, 5) is 36.2. The lowest BCUT2D eigenvalue weighted by Crippen LogP contribution is -2.50. The highest BCUT2D eigenvalue weighted by Gasteiger charge is 2.28. The number of carbonyl (C=O) groups is 3. The van der Waals surface area contributed by atoms with Crippen LogP contribution in [0.2, 0.25) is 0 Å². The van der Waals surface area contributed by atoms with Crippen molar-refractivity contribution in [3.05, 3.63) is 35.9 Å². The summed E-state index contributed by atoms with van der Waals surface area (Å²) in [5.74, 6) is -0.637. The molecule has 0 bridgehead atoms. The number of esters is 1. The van der Waals surface area contributed by atoms with Gasteiger partial charge in [0.2, 0.25) is 0 Å². The molecule has 7 nitrogen and oxygen atoms in total. The first-order valence-corrected chi connectivity index (χ1v) is 10.2. The fourth-order valence-electron chi connectivity index (χ4n) is 2.26. The largest absolute Gasteiger partial charge is 0.462 e. The molecule has 0 aliphatic heterocycles. The average Bonchev–Trinajstić information content (AvgIpc) is 2.60. The van der Waals surface area contributed by atoms with E-state index in [1.165, 1.54) is 0 Å². The molecular weight excluding hydrogens is 463 g/mol. The maximum atomic E-state index is 12.5. The number of hydrogen-bond acceptors (Lipinski definition) is 6. The van der Waals surface area contributed by atoms with Gasteiger partial charge in [-0.15, -0.1) is 0 Å². The summed E-state index contributed by atoms with van der Waals surface area (Å²) in [6.07, 6.45) is -0.572. The molecule has 1 aromatic rings. The van der Waals surface area contributed by atoms with Crippen LogP contribution in [0.1, 0.15) is 38.1 Å². The molecule has 0 saturated carbocycles. The van der Waals surface area contributed by atoms with E-state index in [9.17, 15) is 14.4 Å². The summed E-state index contributed by atoms with van der Waals surface area (Å²) < 4.78 is 10.4. The Labute approximate surface area is 173 Å². The van der Waals surface area contributed by atoms with E-state index in [2.05, 4.69) is 10.6 Å². The van der Waals surface area contributed by atoms with E-state index in [-0.39, 0.29) is 29.5 Å². The quantitative estimate of drug-likeness (QED) is 0.227. The third-order valence-electron chi connectivity index (χ3n) is 3.70. The van der Waals surface area contributed by atoms with Crippen molar-refractivity contribution in [2.75, 3.05) is 17.8 Å². The zero-order chi connectivity index (χ0) is 20.4. The summed E-state index contributed by atoms with van der Waals surface area (Å²) in [5.41, 5.74) is -0.195. The Morgan fingerprint density at radius 2 is 1.74 bits per heavy atom. The summed E-state index contributed by atoms with van der Waals surface area (Å²) in [5, 5.41) is 5.61. The number of benzene rings is 1. The number of hydrogen-bond donors (Lipinski definition) is 2. The summed E-state index contributed by atoms with van der Waals surface area (Å²) in [6.45, 7) is 7.21. The molecule has 1 rings (SSSR count). The highest BCUT2D eigenvalue weighted by molar-refractivity contribution is 14.1. The smallest absolute Gasteiger partial charge is 0.408 e. The molecule has 1 unspecified atom stereocenters. The SMILES string of the molecule is CC(C)C(NCC(=O)c1ccccc1)C(=O)OCC(C)(C)NC(=O)OCI. The van der Waals surface area contributed by atoms with Gasteiger partial charge >= 0.3 is 12.1 Å². The standard InChI is InChI=1S/C19H27IN2O5/c1-13(2)16(21-10-15(23)14-8-6-5-7-9-14)17(24)26-11-19(3,4)22-18(25)27-12-20/h5-9,13,16,21H,10-12H2,1-4H3,(H,22,25). The number of ether oxygens (including phenoxy) is 2. The molecule has 0 heterocycles. The van der Waals surface area contributed by atoms with E-state index in [1.54, 1.807) is 38.1 Å². The molecule has 150 valence electrons. The Morgan fingerprint density at radius 3 is 2.30 bits per heavy atom. The maximum absolute atomic E-state index is 12.5. The molecule has 1 amide bonds. The van der Waals surface area contributed by atoms with Crippen LogP contribution in [0.3, 0.4) is 0 Å². The van der Waals surface area contributed by atoms with Crippen molar-refractivity contribution in [3.63, 3.8) is 0 Å². The minimum atomic E-state index is -0.778. The van der Waals surface area contributed by atoms with Gasteiger partial charge in [0.05, 0.1) is 12.1 Å². The third-order valence-corrected chi connectivity index (χ3v) is 4.01. The van der Waals surface area contributed by atoms with Crippen molar-refractivity contribution < 1.29 is 23.9 Å². The Morgan fingerprint density at radius 1 is 1.11 bits per heavy atom. The molecule has 0 aliphatic rings. The highest BCUT2D eigenvalue weighted by atomic mass is 127. The Bertz CT molecular complexity index is 634. The van der Waals surface area contributed by atoms with E-state index in [1.807, 2.05) is 42.5 Å². The van der Waals surface area contributed by atoms with Crippen LogP contribution in [0.4, 0.5) is 4.79 Å². The second-order valence-corrected chi connectivity index (χ2v) is 7.67. The van der Waals surface area contributed by atoms with E-state index in [0.29, 0.717) is 5.56 Å². The first kappa shape index (κ1) is 23.4. The maximum Gasteiger partial charge on any atom is 0.408 e. The van der Waals surface area contributed by atoms with Crippen molar-refractivity contribution >= 4 is 40.4 Å². The Hall–Kier alpha value is -1.68. The van der Waals surface area contributed by atoms with Gasteiger partial charge in [0.25, 0.3) is 0 Å². The Kier molecular flexibility index (Phi) is 9.71. The van der Waals surface area contributed by atoms with Crippen LogP contribution >= 0.6 is 22.6 Å². The number of ketones is 1. The molecule has 0 aliphatic carbocycles. The molecule has 1 aromatic carbocycles. The van der Waals surface area contributed by atoms with Crippen molar-refractivity contribution in [2.45, 2.75) is 39.3 Å². The predicted octanol–water partition coefficient (Wildman–Crippen LogP) is 2.92. The van der Waals surface area contributed by atoms with Gasteiger partial charge < -0.3 is 14.8 Å². The zero-order valence-corrected chi connectivity index (χ0v) is 18.2. The minimum absolute atomic E-state index is 0.0142. The average molecular weight is 490 g/mol. The lowest BCUT2D eigenvalue weighted by atomic mass is 10.0. The van der Waals surface area contributed by atoms with Gasteiger partial charge in [-0.1, -0.05) is 44.2 Å². The first-order valence-electron chi connectivity index (χ1n) is 8.65. The number of Topliss-reactive ketones (excluding diaryl/α,β-unsaturated/α-hetero) is 1. The molecule has 27 heavy (non-hydrogen) atoms. The summed E-state index contributed by atoms with van der Waals surface area (Å²) in [6, 6.07) is 8.25. The van der Waals surface area contributed by atoms with Crippen LogP contribution in [0.5, 0.6) is 0 Å². The number of carbonyl (C=O) groups excluding carboxylic acids is 3. The molecule has 2 N–H and O–H groups in total. The number of alkyl halides is 1. The molecule has 0 fully saturated rings. The predicted molar refractivity (Wildman–Crippen MR) is 111 cm³/mol. The van der Waals surface area contributed by atoms with E-state index in [4.69, 9.17) is 9.47 Å². The van der Waals surface area contributed by atoms with Gasteiger partial charge in [-0.3, -0.25) is 14.9 Å². The monoisotopic (exact) mass is 490 g/mol. The van der Waals surface area contributed by atoms with Crippen molar-refractivity contribution in [3.8, 4) is 0 Å². The van der Waals surface area contributed by atoms with Gasteiger partial charge in [-0.25, -0.2) is 4.79 Å². The molecular formula is C19H27IN2O5. The second kappa shape index (κ2) is 11.2. The van der Waals surface area contributed by atoms with Crippen LogP contribution in [0.15, 0.2) is 30.3 Å². The fraction of sp³-hybridized carbons (Fsp3) is 0.526. The second-order valence-electron chi connectivity index (χ2n) is 7.05. The van der Waals surface area contributed by atoms with Crippen LogP contribution in [0, 0.1) is 5.92 Å². The lowest BCUT2D eigenvalue weighted by molar-refractivity contribution is -0.149. The van der Waals surface area contributed by atoms with Crippen LogP contribution in [0.25, 0.3) is 0 Å². The molecule has 8 heteroatoms.